The van der Waals surface area contributed by atoms with E-state index in [1.165, 1.54) is 6.08 Å². The molecule has 0 amide bonds. The summed E-state index contributed by atoms with van der Waals surface area (Å²) in [7, 11) is 0. The van der Waals surface area contributed by atoms with Crippen LogP contribution in [0.25, 0.3) is 6.08 Å². The van der Waals surface area contributed by atoms with Gasteiger partial charge < -0.3 is 9.47 Å². The minimum Gasteiger partial charge on any atom is -0.483 e. The van der Waals surface area contributed by atoms with Gasteiger partial charge in [-0.05, 0) is 49.1 Å². The molecular weight excluding hydrogens is 391 g/mol. The van der Waals surface area contributed by atoms with Crippen LogP contribution in [0, 0.1) is 0 Å². The van der Waals surface area contributed by atoms with Crippen molar-refractivity contribution >= 4 is 6.08 Å². The quantitative estimate of drug-likeness (QED) is 0.375. The molecule has 1 heterocycles. The van der Waals surface area contributed by atoms with Gasteiger partial charge in [-0.3, -0.25) is 0 Å². The first-order valence-electron chi connectivity index (χ1n) is 10.2. The van der Waals surface area contributed by atoms with Crippen molar-refractivity contribution in [3.8, 4) is 11.6 Å². The minimum atomic E-state index is -0.499. The SMILES string of the molecule is C=C(F)/C=C(C)/C=C/c1cc(OCC(/C=C\CC)=C/C)c(OCc2ccccc2)nn1. The molecule has 5 heteroatoms. The van der Waals surface area contributed by atoms with E-state index in [-0.39, 0.29) is 0 Å². The fourth-order valence-electron chi connectivity index (χ4n) is 2.56. The van der Waals surface area contributed by atoms with Crippen LogP contribution in [0.2, 0.25) is 0 Å². The Kier molecular flexibility index (Phi) is 9.95. The van der Waals surface area contributed by atoms with Crippen LogP contribution in [-0.2, 0) is 6.61 Å². The molecule has 2 aromatic rings. The second-order valence-corrected chi connectivity index (χ2v) is 6.84. The summed E-state index contributed by atoms with van der Waals surface area (Å²) in [6.07, 6.45) is 11.9. The third kappa shape index (κ3) is 8.83. The number of rotatable bonds is 11. The van der Waals surface area contributed by atoms with Gasteiger partial charge in [-0.2, -0.15) is 0 Å². The summed E-state index contributed by atoms with van der Waals surface area (Å²) in [4.78, 5) is 0. The average Bonchev–Trinajstić information content (AvgIpc) is 2.77. The summed E-state index contributed by atoms with van der Waals surface area (Å²) in [6.45, 7) is 9.81. The first-order valence-corrected chi connectivity index (χ1v) is 10.2. The minimum absolute atomic E-state index is 0.320. The molecule has 0 bridgehead atoms. The normalized spacial score (nSPS) is 12.5. The van der Waals surface area contributed by atoms with Crippen molar-refractivity contribution in [2.45, 2.75) is 33.8 Å². The average molecular weight is 421 g/mol. The van der Waals surface area contributed by atoms with E-state index in [9.17, 15) is 4.39 Å². The molecule has 0 saturated carbocycles. The van der Waals surface area contributed by atoms with Crippen LogP contribution >= 0.6 is 0 Å². The molecule has 0 N–H and O–H groups in total. The van der Waals surface area contributed by atoms with Gasteiger partial charge in [0.25, 0.3) is 5.88 Å². The maximum Gasteiger partial charge on any atom is 0.276 e. The van der Waals surface area contributed by atoms with E-state index in [1.54, 1.807) is 25.1 Å². The van der Waals surface area contributed by atoms with Crippen molar-refractivity contribution in [3.63, 3.8) is 0 Å². The van der Waals surface area contributed by atoms with E-state index < -0.39 is 5.83 Å². The molecule has 2 rings (SSSR count). The number of benzene rings is 1. The van der Waals surface area contributed by atoms with E-state index in [1.807, 2.05) is 49.4 Å². The van der Waals surface area contributed by atoms with Crippen molar-refractivity contribution in [2.75, 3.05) is 6.61 Å². The molecule has 0 atom stereocenters. The van der Waals surface area contributed by atoms with Crippen LogP contribution in [0.1, 0.15) is 38.4 Å². The highest BCUT2D eigenvalue weighted by atomic mass is 19.1. The lowest BCUT2D eigenvalue weighted by molar-refractivity contribution is 0.259. The Balaban J connectivity index is 2.23. The molecule has 0 fully saturated rings. The first-order chi connectivity index (χ1) is 15.0. The molecule has 0 unspecified atom stereocenters. The van der Waals surface area contributed by atoms with Gasteiger partial charge >= 0.3 is 0 Å². The van der Waals surface area contributed by atoms with Gasteiger partial charge in [0.1, 0.15) is 19.0 Å². The predicted molar refractivity (Wildman–Crippen MR) is 125 cm³/mol. The number of allylic oxidation sites excluding steroid dienone is 6. The van der Waals surface area contributed by atoms with Gasteiger partial charge in [0, 0.05) is 6.07 Å². The van der Waals surface area contributed by atoms with Crippen molar-refractivity contribution in [3.05, 3.63) is 102 Å². The molecule has 0 aliphatic rings. The molecule has 1 aromatic carbocycles. The molecule has 0 spiro atoms. The van der Waals surface area contributed by atoms with Crippen LogP contribution in [0.3, 0.4) is 0 Å². The number of hydrogen-bond acceptors (Lipinski definition) is 4. The smallest absolute Gasteiger partial charge is 0.276 e. The highest BCUT2D eigenvalue weighted by Crippen LogP contribution is 2.26. The van der Waals surface area contributed by atoms with Gasteiger partial charge in [-0.1, -0.05) is 68.1 Å². The van der Waals surface area contributed by atoms with Crippen molar-refractivity contribution < 1.29 is 13.9 Å². The summed E-state index contributed by atoms with van der Waals surface area (Å²) in [5, 5.41) is 8.39. The number of hydrogen-bond donors (Lipinski definition) is 0. The molecule has 1 aromatic heterocycles. The zero-order chi connectivity index (χ0) is 22.5. The van der Waals surface area contributed by atoms with Crippen molar-refractivity contribution in [1.82, 2.24) is 10.2 Å². The Morgan fingerprint density at radius 2 is 1.90 bits per heavy atom. The van der Waals surface area contributed by atoms with E-state index in [0.29, 0.717) is 36.1 Å². The zero-order valence-electron chi connectivity index (χ0n) is 18.3. The first kappa shape index (κ1) is 23.8. The van der Waals surface area contributed by atoms with Crippen LogP contribution < -0.4 is 9.47 Å². The third-order valence-electron chi connectivity index (χ3n) is 4.20. The van der Waals surface area contributed by atoms with Crippen molar-refractivity contribution in [1.29, 1.82) is 0 Å². The van der Waals surface area contributed by atoms with Crippen LogP contribution in [0.4, 0.5) is 4.39 Å². The summed E-state index contributed by atoms with van der Waals surface area (Å²) < 4.78 is 24.8. The van der Waals surface area contributed by atoms with Crippen molar-refractivity contribution in [2.24, 2.45) is 0 Å². The monoisotopic (exact) mass is 420 g/mol. The Hall–Kier alpha value is -3.47. The summed E-state index contributed by atoms with van der Waals surface area (Å²) in [5.41, 5.74) is 3.35. The summed E-state index contributed by atoms with van der Waals surface area (Å²) in [6, 6.07) is 11.6. The number of nitrogens with zero attached hydrogens (tertiary/aromatic N) is 2. The molecule has 0 radical (unpaired) electrons. The second kappa shape index (κ2) is 13.0. The van der Waals surface area contributed by atoms with Crippen LogP contribution in [0.15, 0.2) is 90.3 Å². The lowest BCUT2D eigenvalue weighted by Crippen LogP contribution is -2.06. The molecule has 162 valence electrons. The number of halogens is 1. The van der Waals surface area contributed by atoms with Gasteiger partial charge in [-0.15, -0.1) is 10.2 Å². The fourth-order valence-corrected chi connectivity index (χ4v) is 2.56. The van der Waals surface area contributed by atoms with Gasteiger partial charge in [0.2, 0.25) is 0 Å². The Morgan fingerprint density at radius 3 is 2.58 bits per heavy atom. The van der Waals surface area contributed by atoms with Gasteiger partial charge in [0.15, 0.2) is 5.75 Å². The molecule has 31 heavy (non-hydrogen) atoms. The van der Waals surface area contributed by atoms with E-state index in [0.717, 1.165) is 17.6 Å². The Morgan fingerprint density at radius 1 is 1.13 bits per heavy atom. The largest absolute Gasteiger partial charge is 0.483 e. The zero-order valence-corrected chi connectivity index (χ0v) is 18.3. The maximum absolute atomic E-state index is 12.9. The highest BCUT2D eigenvalue weighted by Gasteiger charge is 2.10. The topological polar surface area (TPSA) is 44.2 Å². The Labute approximate surface area is 184 Å². The molecule has 0 aliphatic carbocycles. The predicted octanol–water partition coefficient (Wildman–Crippen LogP) is 6.79. The fraction of sp³-hybridized carbons (Fsp3) is 0.231. The van der Waals surface area contributed by atoms with Gasteiger partial charge in [0.05, 0.1) is 5.69 Å². The molecule has 4 nitrogen and oxygen atoms in total. The third-order valence-corrected chi connectivity index (χ3v) is 4.20. The van der Waals surface area contributed by atoms with Gasteiger partial charge in [-0.25, -0.2) is 4.39 Å². The highest BCUT2D eigenvalue weighted by molar-refractivity contribution is 5.52. The number of ether oxygens (including phenoxy) is 2. The maximum atomic E-state index is 12.9. The Bertz CT molecular complexity index is 976. The van der Waals surface area contributed by atoms with E-state index >= 15 is 0 Å². The summed E-state index contributed by atoms with van der Waals surface area (Å²) >= 11 is 0. The lowest BCUT2D eigenvalue weighted by Gasteiger charge is -2.12. The van der Waals surface area contributed by atoms with Crippen LogP contribution in [0.5, 0.6) is 11.6 Å². The second-order valence-electron chi connectivity index (χ2n) is 6.84. The standard InChI is InChI=1S/C26H29FN2O2/c1-5-7-11-22(6-2)18-30-25-17-24(15-14-20(3)16-21(4)27)28-29-26(25)31-19-23-12-9-8-10-13-23/h6-17H,4-5,18-19H2,1-3H3/b11-7-,15-14+,20-16+,22-6+. The van der Waals surface area contributed by atoms with E-state index in [4.69, 9.17) is 9.47 Å². The van der Waals surface area contributed by atoms with Crippen LogP contribution in [-0.4, -0.2) is 16.8 Å². The molecular formula is C26H29FN2O2. The number of aromatic nitrogens is 2. The lowest BCUT2D eigenvalue weighted by atomic mass is 10.2. The van der Waals surface area contributed by atoms with E-state index in [2.05, 4.69) is 29.8 Å². The molecule has 0 saturated heterocycles. The molecule has 0 aliphatic heterocycles. The summed E-state index contributed by atoms with van der Waals surface area (Å²) in [5.74, 6) is 0.313.